The summed E-state index contributed by atoms with van der Waals surface area (Å²) in [6.45, 7) is 0. The highest BCUT2D eigenvalue weighted by atomic mass is 19.1. The molecule has 2 aromatic heterocycles. The van der Waals surface area contributed by atoms with E-state index in [-0.39, 0.29) is 17.1 Å². The monoisotopic (exact) mass is 379 g/mol. The minimum Gasteiger partial charge on any atom is -0.369 e. The number of rotatable bonds is 3. The number of halogens is 2. The Morgan fingerprint density at radius 2 is 1.75 bits per heavy atom. The first-order valence-corrected chi connectivity index (χ1v) is 8.40. The lowest BCUT2D eigenvalue weighted by Crippen LogP contribution is -2.41. The molecule has 0 spiro atoms. The standard InChI is InChI=1S/C20H15F2N5O/c1-27-18(28)20(26-19(27)23,12-6-9-24-10-7-12)13-4-5-16(21)15(11-13)14-3-2-8-25-17(14)22/h2-11H,1H3,(H2,23,26)/t20-/m0/s1. The van der Waals surface area contributed by atoms with Crippen LogP contribution < -0.4 is 5.73 Å². The van der Waals surface area contributed by atoms with Crippen LogP contribution in [-0.2, 0) is 10.3 Å². The third kappa shape index (κ3) is 2.53. The van der Waals surface area contributed by atoms with Gasteiger partial charge in [-0.05, 0) is 47.5 Å². The van der Waals surface area contributed by atoms with Gasteiger partial charge in [0.25, 0.3) is 5.91 Å². The molecular weight excluding hydrogens is 364 g/mol. The Balaban J connectivity index is 1.99. The van der Waals surface area contributed by atoms with Gasteiger partial charge < -0.3 is 5.73 Å². The first-order valence-electron chi connectivity index (χ1n) is 8.40. The van der Waals surface area contributed by atoms with Crippen molar-refractivity contribution in [2.75, 3.05) is 7.05 Å². The number of guanidine groups is 1. The highest BCUT2D eigenvalue weighted by molar-refractivity contribution is 6.09. The fourth-order valence-electron chi connectivity index (χ4n) is 3.32. The zero-order valence-electron chi connectivity index (χ0n) is 14.8. The summed E-state index contributed by atoms with van der Waals surface area (Å²) < 4.78 is 28.7. The second kappa shape index (κ2) is 6.49. The smallest absolute Gasteiger partial charge is 0.266 e. The van der Waals surface area contributed by atoms with Crippen molar-refractivity contribution in [2.24, 2.45) is 10.7 Å². The number of aromatic nitrogens is 2. The summed E-state index contributed by atoms with van der Waals surface area (Å²) in [4.78, 5) is 26.4. The predicted octanol–water partition coefficient (Wildman–Crippen LogP) is 2.45. The maximum atomic E-state index is 14.5. The van der Waals surface area contributed by atoms with Crippen molar-refractivity contribution in [2.45, 2.75) is 5.54 Å². The fourth-order valence-corrected chi connectivity index (χ4v) is 3.32. The number of aliphatic imine (C=N–C) groups is 1. The van der Waals surface area contributed by atoms with E-state index in [0.29, 0.717) is 11.1 Å². The average molecular weight is 379 g/mol. The normalized spacial score (nSPS) is 19.0. The van der Waals surface area contributed by atoms with E-state index in [2.05, 4.69) is 15.0 Å². The molecule has 2 N–H and O–H groups in total. The van der Waals surface area contributed by atoms with Crippen molar-refractivity contribution >= 4 is 11.9 Å². The number of benzene rings is 1. The topological polar surface area (TPSA) is 84.5 Å². The molecule has 1 aromatic carbocycles. The molecule has 4 rings (SSSR count). The highest BCUT2D eigenvalue weighted by Crippen LogP contribution is 2.40. The van der Waals surface area contributed by atoms with Gasteiger partial charge in [-0.2, -0.15) is 4.39 Å². The molecule has 6 nitrogen and oxygen atoms in total. The lowest BCUT2D eigenvalue weighted by molar-refractivity contribution is -0.129. The molecule has 0 unspecified atom stereocenters. The van der Waals surface area contributed by atoms with Gasteiger partial charge in [0.1, 0.15) is 5.82 Å². The fraction of sp³-hybridized carbons (Fsp3) is 0.100. The van der Waals surface area contributed by atoms with Crippen LogP contribution in [0.4, 0.5) is 8.78 Å². The number of hydrogen-bond acceptors (Lipinski definition) is 5. The first kappa shape index (κ1) is 17.7. The van der Waals surface area contributed by atoms with Crippen LogP contribution in [-0.4, -0.2) is 33.8 Å². The van der Waals surface area contributed by atoms with E-state index in [0.717, 1.165) is 0 Å². The van der Waals surface area contributed by atoms with Crippen molar-refractivity contribution in [3.05, 3.63) is 83.9 Å². The molecule has 3 aromatic rings. The summed E-state index contributed by atoms with van der Waals surface area (Å²) in [7, 11) is 1.51. The summed E-state index contributed by atoms with van der Waals surface area (Å²) in [5.41, 5.74) is 5.25. The Bertz CT molecular complexity index is 1100. The predicted molar refractivity (Wildman–Crippen MR) is 99.0 cm³/mol. The SMILES string of the molecule is CN1C(=O)[C@](c2ccncc2)(c2ccc(F)c(-c3cccnc3F)c2)N=C1N. The molecule has 3 heterocycles. The van der Waals surface area contributed by atoms with Gasteiger partial charge in [0.05, 0.1) is 0 Å². The molecule has 0 fully saturated rings. The third-order valence-corrected chi connectivity index (χ3v) is 4.77. The van der Waals surface area contributed by atoms with Crippen LogP contribution in [0, 0.1) is 11.8 Å². The van der Waals surface area contributed by atoms with Gasteiger partial charge in [-0.3, -0.25) is 14.7 Å². The van der Waals surface area contributed by atoms with Crippen LogP contribution in [0.3, 0.4) is 0 Å². The Morgan fingerprint density at radius 1 is 1.00 bits per heavy atom. The lowest BCUT2D eigenvalue weighted by Gasteiger charge is -2.26. The van der Waals surface area contributed by atoms with E-state index >= 15 is 0 Å². The summed E-state index contributed by atoms with van der Waals surface area (Å²) in [5.74, 6) is -1.83. The quantitative estimate of drug-likeness (QED) is 0.709. The molecule has 1 amide bonds. The Kier molecular flexibility index (Phi) is 4.11. The van der Waals surface area contributed by atoms with Gasteiger partial charge in [0.2, 0.25) is 5.95 Å². The third-order valence-electron chi connectivity index (χ3n) is 4.77. The number of carbonyl (C=O) groups is 1. The van der Waals surface area contributed by atoms with E-state index in [1.165, 1.54) is 60.9 Å². The zero-order valence-corrected chi connectivity index (χ0v) is 14.8. The number of pyridine rings is 2. The van der Waals surface area contributed by atoms with Crippen LogP contribution in [0.2, 0.25) is 0 Å². The maximum absolute atomic E-state index is 14.5. The van der Waals surface area contributed by atoms with Gasteiger partial charge in [-0.25, -0.2) is 14.4 Å². The molecule has 0 saturated heterocycles. The summed E-state index contributed by atoms with van der Waals surface area (Å²) in [5, 5.41) is 0. The molecule has 0 saturated carbocycles. The number of hydrogen-bond donors (Lipinski definition) is 1. The molecule has 0 aliphatic carbocycles. The van der Waals surface area contributed by atoms with Crippen LogP contribution >= 0.6 is 0 Å². The van der Waals surface area contributed by atoms with E-state index in [1.807, 2.05) is 0 Å². The van der Waals surface area contributed by atoms with Crippen LogP contribution in [0.15, 0.2) is 66.0 Å². The highest BCUT2D eigenvalue weighted by Gasteiger charge is 2.49. The van der Waals surface area contributed by atoms with Gasteiger partial charge >= 0.3 is 0 Å². The van der Waals surface area contributed by atoms with Gasteiger partial charge in [-0.15, -0.1) is 0 Å². The minimum absolute atomic E-state index is 0.0116. The Labute approximate surface area is 159 Å². The van der Waals surface area contributed by atoms with Crippen LogP contribution in [0.25, 0.3) is 11.1 Å². The maximum Gasteiger partial charge on any atom is 0.266 e. The zero-order chi connectivity index (χ0) is 19.9. The molecule has 0 radical (unpaired) electrons. The summed E-state index contributed by atoms with van der Waals surface area (Å²) in [6, 6.07) is 10.2. The van der Waals surface area contributed by atoms with Crippen molar-refractivity contribution in [1.82, 2.24) is 14.9 Å². The number of carbonyl (C=O) groups excluding carboxylic acids is 1. The Hall–Kier alpha value is -3.68. The molecular formula is C20H15F2N5O. The largest absolute Gasteiger partial charge is 0.369 e. The molecule has 8 heteroatoms. The van der Waals surface area contributed by atoms with Crippen molar-refractivity contribution in [1.29, 1.82) is 0 Å². The average Bonchev–Trinajstić information content (AvgIpc) is 2.94. The van der Waals surface area contributed by atoms with E-state index < -0.39 is 23.2 Å². The molecule has 28 heavy (non-hydrogen) atoms. The van der Waals surface area contributed by atoms with E-state index in [4.69, 9.17) is 5.73 Å². The van der Waals surface area contributed by atoms with Gasteiger partial charge in [0, 0.05) is 36.8 Å². The first-order chi connectivity index (χ1) is 13.4. The minimum atomic E-state index is -1.51. The number of amides is 1. The van der Waals surface area contributed by atoms with Gasteiger partial charge in [0.15, 0.2) is 11.5 Å². The second-order valence-electron chi connectivity index (χ2n) is 6.32. The molecule has 140 valence electrons. The van der Waals surface area contributed by atoms with Crippen LogP contribution in [0.5, 0.6) is 0 Å². The number of nitrogens with two attached hydrogens (primary N) is 1. The number of likely N-dealkylation sites (N-methyl/N-ethyl adjacent to an activating group) is 1. The molecule has 1 aliphatic heterocycles. The van der Waals surface area contributed by atoms with Crippen molar-refractivity contribution < 1.29 is 13.6 Å². The van der Waals surface area contributed by atoms with Crippen molar-refractivity contribution in [3.8, 4) is 11.1 Å². The van der Waals surface area contributed by atoms with Crippen molar-refractivity contribution in [3.63, 3.8) is 0 Å². The van der Waals surface area contributed by atoms with E-state index in [1.54, 1.807) is 12.1 Å². The molecule has 0 bridgehead atoms. The summed E-state index contributed by atoms with van der Waals surface area (Å²) in [6.07, 6.45) is 4.33. The molecule has 1 aliphatic rings. The van der Waals surface area contributed by atoms with E-state index in [9.17, 15) is 13.6 Å². The second-order valence-corrected chi connectivity index (χ2v) is 6.32. The number of nitrogens with zero attached hydrogens (tertiary/aromatic N) is 4. The van der Waals surface area contributed by atoms with Crippen LogP contribution in [0.1, 0.15) is 11.1 Å². The lowest BCUT2D eigenvalue weighted by atomic mass is 9.82. The van der Waals surface area contributed by atoms with Gasteiger partial charge in [-0.1, -0.05) is 6.07 Å². The molecule has 1 atom stereocenters. The summed E-state index contributed by atoms with van der Waals surface area (Å²) >= 11 is 0. The Morgan fingerprint density at radius 3 is 2.39 bits per heavy atom.